The molecule has 0 bridgehead atoms. The number of hydrogen-bond acceptors (Lipinski definition) is 3. The second kappa shape index (κ2) is 8.49. The Morgan fingerprint density at radius 1 is 0.800 bits per heavy atom. The Hall–Kier alpha value is -2.85. The van der Waals surface area contributed by atoms with Crippen LogP contribution in [0.3, 0.4) is 0 Å². The normalized spacial score (nSPS) is 23.0. The number of furan rings is 1. The number of rotatable bonds is 4. The van der Waals surface area contributed by atoms with Gasteiger partial charge in [-0.2, -0.15) is 0 Å². The van der Waals surface area contributed by atoms with Crippen LogP contribution in [0.5, 0.6) is 0 Å². The highest BCUT2D eigenvalue weighted by molar-refractivity contribution is 5.91. The summed E-state index contributed by atoms with van der Waals surface area (Å²) in [7, 11) is 0. The van der Waals surface area contributed by atoms with E-state index in [9.17, 15) is 4.79 Å². The van der Waals surface area contributed by atoms with E-state index in [1.165, 1.54) is 24.0 Å². The van der Waals surface area contributed by atoms with Gasteiger partial charge in [0.25, 0.3) is 5.91 Å². The van der Waals surface area contributed by atoms with Gasteiger partial charge in [0, 0.05) is 25.0 Å². The molecule has 3 heterocycles. The molecule has 0 saturated carbocycles. The molecule has 154 valence electrons. The van der Waals surface area contributed by atoms with Gasteiger partial charge in [0.05, 0.1) is 6.26 Å². The third-order valence-corrected chi connectivity index (χ3v) is 6.81. The van der Waals surface area contributed by atoms with E-state index >= 15 is 0 Å². The summed E-state index contributed by atoms with van der Waals surface area (Å²) < 4.78 is 5.39. The van der Waals surface area contributed by atoms with E-state index in [0.29, 0.717) is 23.6 Å². The van der Waals surface area contributed by atoms with Crippen LogP contribution in [0.4, 0.5) is 0 Å². The van der Waals surface area contributed by atoms with Gasteiger partial charge in [-0.15, -0.1) is 0 Å². The zero-order valence-corrected chi connectivity index (χ0v) is 17.2. The largest absolute Gasteiger partial charge is 0.459 e. The van der Waals surface area contributed by atoms with Gasteiger partial charge < -0.3 is 9.32 Å². The summed E-state index contributed by atoms with van der Waals surface area (Å²) in [4.78, 5) is 17.6. The monoisotopic (exact) mass is 400 g/mol. The van der Waals surface area contributed by atoms with Crippen LogP contribution >= 0.6 is 0 Å². The van der Waals surface area contributed by atoms with Crippen molar-refractivity contribution in [3.8, 4) is 0 Å². The van der Waals surface area contributed by atoms with Gasteiger partial charge in [-0.3, -0.25) is 9.69 Å². The average molecular weight is 401 g/mol. The minimum Gasteiger partial charge on any atom is -0.459 e. The highest BCUT2D eigenvalue weighted by Gasteiger charge is 2.41. The molecule has 0 aliphatic carbocycles. The van der Waals surface area contributed by atoms with Crippen LogP contribution in [0, 0.1) is 0 Å². The summed E-state index contributed by atoms with van der Waals surface area (Å²) in [5.74, 6) is 1.41. The van der Waals surface area contributed by atoms with Crippen molar-refractivity contribution in [1.82, 2.24) is 9.80 Å². The van der Waals surface area contributed by atoms with E-state index in [4.69, 9.17) is 4.42 Å². The molecule has 2 saturated heterocycles. The standard InChI is InChI=1S/C26H28N2O2/c29-26(25-12-7-17-30-25)28-18-23(22-10-5-2-6-11-22)24(19-28)27-15-13-21(14-16-27)20-8-3-1-4-9-20/h1-12,17,21,23-24H,13-16,18-19H2/t23-,24+/m1/s1. The summed E-state index contributed by atoms with van der Waals surface area (Å²) >= 11 is 0. The van der Waals surface area contributed by atoms with Crippen molar-refractivity contribution in [2.45, 2.75) is 30.7 Å². The highest BCUT2D eigenvalue weighted by Crippen LogP contribution is 2.36. The molecule has 1 aromatic heterocycles. The fraction of sp³-hybridized carbons (Fsp3) is 0.346. The molecular weight excluding hydrogens is 372 g/mol. The number of amides is 1. The molecule has 0 spiro atoms. The lowest BCUT2D eigenvalue weighted by Crippen LogP contribution is -2.45. The second-order valence-electron chi connectivity index (χ2n) is 8.49. The first-order chi connectivity index (χ1) is 14.8. The third kappa shape index (κ3) is 3.80. The van der Waals surface area contributed by atoms with Gasteiger partial charge in [-0.1, -0.05) is 60.7 Å². The van der Waals surface area contributed by atoms with Crippen molar-refractivity contribution >= 4 is 5.91 Å². The lowest BCUT2D eigenvalue weighted by atomic mass is 9.87. The number of piperidine rings is 1. The highest BCUT2D eigenvalue weighted by atomic mass is 16.3. The maximum atomic E-state index is 13.0. The van der Waals surface area contributed by atoms with Crippen molar-refractivity contribution in [3.63, 3.8) is 0 Å². The number of benzene rings is 2. The average Bonchev–Trinajstić information content (AvgIpc) is 3.51. The van der Waals surface area contributed by atoms with Gasteiger partial charge in [-0.05, 0) is 55.1 Å². The first kappa shape index (κ1) is 19.1. The van der Waals surface area contributed by atoms with E-state index in [2.05, 4.69) is 65.6 Å². The molecule has 2 aromatic carbocycles. The first-order valence-electron chi connectivity index (χ1n) is 11.0. The maximum Gasteiger partial charge on any atom is 0.289 e. The second-order valence-corrected chi connectivity index (χ2v) is 8.49. The molecule has 2 aliphatic rings. The fourth-order valence-electron chi connectivity index (χ4n) is 5.20. The minimum atomic E-state index is 0.00241. The number of carbonyl (C=O) groups is 1. The Morgan fingerprint density at radius 2 is 1.47 bits per heavy atom. The zero-order chi connectivity index (χ0) is 20.3. The molecule has 0 radical (unpaired) electrons. The molecule has 2 atom stereocenters. The number of nitrogens with zero attached hydrogens (tertiary/aromatic N) is 2. The summed E-state index contributed by atoms with van der Waals surface area (Å²) in [5, 5.41) is 0. The van der Waals surface area contributed by atoms with Crippen molar-refractivity contribution in [2.75, 3.05) is 26.2 Å². The van der Waals surface area contributed by atoms with E-state index < -0.39 is 0 Å². The van der Waals surface area contributed by atoms with Gasteiger partial charge in [0.2, 0.25) is 0 Å². The lowest BCUT2D eigenvalue weighted by Gasteiger charge is -2.38. The van der Waals surface area contributed by atoms with Crippen molar-refractivity contribution in [2.24, 2.45) is 0 Å². The Morgan fingerprint density at radius 3 is 2.10 bits per heavy atom. The van der Waals surface area contributed by atoms with E-state index in [-0.39, 0.29) is 5.91 Å². The summed E-state index contributed by atoms with van der Waals surface area (Å²) in [6.07, 6.45) is 3.92. The lowest BCUT2D eigenvalue weighted by molar-refractivity contribution is 0.0738. The molecule has 0 unspecified atom stereocenters. The molecule has 3 aromatic rings. The van der Waals surface area contributed by atoms with Gasteiger partial charge in [0.15, 0.2) is 5.76 Å². The van der Waals surface area contributed by atoms with Crippen LogP contribution in [0.1, 0.15) is 46.4 Å². The molecule has 30 heavy (non-hydrogen) atoms. The SMILES string of the molecule is O=C(c1ccco1)N1C[C@H](c2ccccc2)[C@@H](N2CCC(c3ccccc3)CC2)C1. The fourth-order valence-corrected chi connectivity index (χ4v) is 5.20. The van der Waals surface area contributed by atoms with Gasteiger partial charge >= 0.3 is 0 Å². The summed E-state index contributed by atoms with van der Waals surface area (Å²) in [6, 6.07) is 25.5. The third-order valence-electron chi connectivity index (χ3n) is 6.81. The first-order valence-corrected chi connectivity index (χ1v) is 11.0. The van der Waals surface area contributed by atoms with Crippen LogP contribution in [-0.4, -0.2) is 47.9 Å². The predicted octanol–water partition coefficient (Wildman–Crippen LogP) is 4.77. The Labute approximate surface area is 178 Å². The molecule has 5 rings (SSSR count). The number of carbonyl (C=O) groups excluding carboxylic acids is 1. The van der Waals surface area contributed by atoms with Crippen LogP contribution in [0.25, 0.3) is 0 Å². The Balaban J connectivity index is 1.33. The molecular formula is C26H28N2O2. The molecule has 0 N–H and O–H groups in total. The zero-order valence-electron chi connectivity index (χ0n) is 17.2. The van der Waals surface area contributed by atoms with Crippen LogP contribution in [0.2, 0.25) is 0 Å². The predicted molar refractivity (Wildman–Crippen MR) is 118 cm³/mol. The molecule has 4 nitrogen and oxygen atoms in total. The van der Waals surface area contributed by atoms with Crippen molar-refractivity contribution in [3.05, 3.63) is 95.9 Å². The summed E-state index contributed by atoms with van der Waals surface area (Å²) in [6.45, 7) is 3.66. The quantitative estimate of drug-likeness (QED) is 0.633. The Bertz CT molecular complexity index is 947. The molecule has 2 fully saturated rings. The molecule has 1 amide bonds. The number of likely N-dealkylation sites (tertiary alicyclic amines) is 2. The van der Waals surface area contributed by atoms with Crippen molar-refractivity contribution in [1.29, 1.82) is 0 Å². The molecule has 4 heteroatoms. The van der Waals surface area contributed by atoms with E-state index in [0.717, 1.165) is 26.2 Å². The van der Waals surface area contributed by atoms with E-state index in [1.54, 1.807) is 18.4 Å². The van der Waals surface area contributed by atoms with E-state index in [1.807, 2.05) is 4.90 Å². The topological polar surface area (TPSA) is 36.7 Å². The van der Waals surface area contributed by atoms with Gasteiger partial charge in [0.1, 0.15) is 0 Å². The van der Waals surface area contributed by atoms with Crippen LogP contribution in [0.15, 0.2) is 83.5 Å². The maximum absolute atomic E-state index is 13.0. The van der Waals surface area contributed by atoms with Gasteiger partial charge in [-0.25, -0.2) is 0 Å². The van der Waals surface area contributed by atoms with Crippen LogP contribution < -0.4 is 0 Å². The van der Waals surface area contributed by atoms with Crippen molar-refractivity contribution < 1.29 is 9.21 Å². The Kier molecular flexibility index (Phi) is 5.41. The number of hydrogen-bond donors (Lipinski definition) is 0. The minimum absolute atomic E-state index is 0.00241. The summed E-state index contributed by atoms with van der Waals surface area (Å²) in [5.41, 5.74) is 2.78. The molecule has 2 aliphatic heterocycles. The van der Waals surface area contributed by atoms with Crippen LogP contribution in [-0.2, 0) is 0 Å². The smallest absolute Gasteiger partial charge is 0.289 e.